The van der Waals surface area contributed by atoms with E-state index in [1.165, 1.54) is 12.1 Å². The highest BCUT2D eigenvalue weighted by molar-refractivity contribution is 14.1. The standard InChI is InChI=1S/C15H9IN2O5/c1-8-2-3-9(6-12(8)18(20)21)14-17-11(15(19)23-14)7-10-4-5-13(16)22-10/h2-7H,1H3. The fourth-order valence-corrected chi connectivity index (χ4v) is 2.45. The largest absolute Gasteiger partial charge is 0.451 e. The molecule has 0 radical (unpaired) electrons. The number of hydrogen-bond donors (Lipinski definition) is 0. The van der Waals surface area contributed by atoms with Gasteiger partial charge in [0.05, 0.1) is 4.92 Å². The molecule has 8 heteroatoms. The summed E-state index contributed by atoms with van der Waals surface area (Å²) in [6.07, 6.45) is 1.46. The lowest BCUT2D eigenvalue weighted by molar-refractivity contribution is -0.385. The molecule has 0 saturated carbocycles. The molecule has 1 aliphatic rings. The molecule has 116 valence electrons. The van der Waals surface area contributed by atoms with Crippen LogP contribution in [0.1, 0.15) is 16.9 Å². The van der Waals surface area contributed by atoms with Crippen LogP contribution in [0.2, 0.25) is 0 Å². The third-order valence-electron chi connectivity index (χ3n) is 3.15. The van der Waals surface area contributed by atoms with Gasteiger partial charge in [-0.25, -0.2) is 9.79 Å². The number of nitro benzene ring substituents is 1. The van der Waals surface area contributed by atoms with E-state index in [9.17, 15) is 14.9 Å². The van der Waals surface area contributed by atoms with Gasteiger partial charge in [-0.2, -0.15) is 0 Å². The van der Waals surface area contributed by atoms with Gasteiger partial charge in [0, 0.05) is 23.3 Å². The average Bonchev–Trinajstić information content (AvgIpc) is 3.06. The maximum Gasteiger partial charge on any atom is 0.363 e. The minimum absolute atomic E-state index is 0.0330. The van der Waals surface area contributed by atoms with Gasteiger partial charge in [0.15, 0.2) is 9.46 Å². The second-order valence-corrected chi connectivity index (χ2v) is 5.80. The SMILES string of the molecule is Cc1ccc(C2=NC(=Cc3ccc(I)o3)C(=O)O2)cc1[N+](=O)[O-]. The number of aryl methyl sites for hydroxylation is 1. The fraction of sp³-hybridized carbons (Fsp3) is 0.0667. The first-order chi connectivity index (χ1) is 10.9. The van der Waals surface area contributed by atoms with E-state index in [4.69, 9.17) is 9.15 Å². The van der Waals surface area contributed by atoms with Crippen molar-refractivity contribution in [2.45, 2.75) is 6.92 Å². The Morgan fingerprint density at radius 3 is 2.74 bits per heavy atom. The summed E-state index contributed by atoms with van der Waals surface area (Å²) >= 11 is 2.01. The first kappa shape index (κ1) is 15.4. The average molecular weight is 424 g/mol. The number of furan rings is 1. The number of aliphatic imine (C=N–C) groups is 1. The van der Waals surface area contributed by atoms with E-state index in [0.717, 1.165) is 0 Å². The van der Waals surface area contributed by atoms with Gasteiger partial charge < -0.3 is 9.15 Å². The number of rotatable bonds is 3. The number of benzene rings is 1. The van der Waals surface area contributed by atoms with Crippen molar-refractivity contribution in [1.29, 1.82) is 0 Å². The maximum absolute atomic E-state index is 11.9. The number of esters is 1. The third-order valence-corrected chi connectivity index (χ3v) is 3.73. The van der Waals surface area contributed by atoms with Crippen molar-refractivity contribution >= 4 is 46.2 Å². The maximum atomic E-state index is 11.9. The molecule has 1 aromatic carbocycles. The highest BCUT2D eigenvalue weighted by Crippen LogP contribution is 2.24. The molecule has 7 nitrogen and oxygen atoms in total. The zero-order valence-electron chi connectivity index (χ0n) is 11.8. The molecule has 0 unspecified atom stereocenters. The summed E-state index contributed by atoms with van der Waals surface area (Å²) in [5.41, 5.74) is 0.908. The second-order valence-electron chi connectivity index (χ2n) is 4.74. The molecule has 0 N–H and O–H groups in total. The van der Waals surface area contributed by atoms with Crippen LogP contribution in [0.5, 0.6) is 0 Å². The quantitative estimate of drug-likeness (QED) is 0.247. The van der Waals surface area contributed by atoms with Crippen LogP contribution < -0.4 is 0 Å². The molecular formula is C15H9IN2O5. The molecule has 0 spiro atoms. The summed E-state index contributed by atoms with van der Waals surface area (Å²) in [4.78, 5) is 26.5. The molecule has 23 heavy (non-hydrogen) atoms. The fourth-order valence-electron chi connectivity index (χ4n) is 2.01. The van der Waals surface area contributed by atoms with Crippen molar-refractivity contribution in [3.8, 4) is 0 Å². The van der Waals surface area contributed by atoms with Crippen LogP contribution in [0.4, 0.5) is 5.69 Å². The van der Waals surface area contributed by atoms with Crippen molar-refractivity contribution in [1.82, 2.24) is 0 Å². The Morgan fingerprint density at radius 1 is 1.30 bits per heavy atom. The van der Waals surface area contributed by atoms with Crippen molar-refractivity contribution < 1.29 is 18.9 Å². The first-order valence-corrected chi connectivity index (χ1v) is 7.55. The zero-order valence-corrected chi connectivity index (χ0v) is 13.9. The smallest absolute Gasteiger partial charge is 0.363 e. The van der Waals surface area contributed by atoms with Crippen LogP contribution in [0, 0.1) is 20.8 Å². The molecular weight excluding hydrogens is 415 g/mol. The van der Waals surface area contributed by atoms with Gasteiger partial charge >= 0.3 is 5.97 Å². The molecule has 0 saturated heterocycles. The summed E-state index contributed by atoms with van der Waals surface area (Å²) in [5.74, 6) is -0.124. The van der Waals surface area contributed by atoms with E-state index >= 15 is 0 Å². The lowest BCUT2D eigenvalue weighted by Gasteiger charge is -2.01. The zero-order chi connectivity index (χ0) is 16.6. The van der Waals surface area contributed by atoms with Crippen molar-refractivity contribution in [3.63, 3.8) is 0 Å². The first-order valence-electron chi connectivity index (χ1n) is 6.47. The normalized spacial score (nSPS) is 15.7. The molecule has 2 aromatic rings. The number of cyclic esters (lactones) is 1. The predicted molar refractivity (Wildman–Crippen MR) is 89.9 cm³/mol. The molecule has 1 aromatic heterocycles. The monoisotopic (exact) mass is 424 g/mol. The number of ether oxygens (including phenoxy) is 1. The number of hydrogen-bond acceptors (Lipinski definition) is 6. The number of halogens is 1. The Bertz CT molecular complexity index is 882. The van der Waals surface area contributed by atoms with Gasteiger partial charge in [-0.3, -0.25) is 10.1 Å². The van der Waals surface area contributed by atoms with E-state index in [-0.39, 0.29) is 17.3 Å². The second kappa shape index (κ2) is 5.95. The van der Waals surface area contributed by atoms with Crippen LogP contribution in [0.15, 0.2) is 45.4 Å². The third kappa shape index (κ3) is 3.16. The number of carbonyl (C=O) groups excluding carboxylic acids is 1. The predicted octanol–water partition coefficient (Wildman–Crippen LogP) is 3.45. The van der Waals surface area contributed by atoms with Gasteiger partial charge in [0.2, 0.25) is 5.90 Å². The summed E-state index contributed by atoms with van der Waals surface area (Å²) < 4.78 is 11.1. The van der Waals surface area contributed by atoms with Crippen molar-refractivity contribution in [2.75, 3.05) is 0 Å². The van der Waals surface area contributed by atoms with Crippen LogP contribution >= 0.6 is 22.6 Å². The van der Waals surface area contributed by atoms with Gasteiger partial charge in [0.25, 0.3) is 5.69 Å². The lowest BCUT2D eigenvalue weighted by Crippen LogP contribution is -2.06. The molecule has 0 amide bonds. The van der Waals surface area contributed by atoms with E-state index in [2.05, 4.69) is 4.99 Å². The van der Waals surface area contributed by atoms with Crippen molar-refractivity contribution in [2.24, 2.45) is 4.99 Å². The van der Waals surface area contributed by atoms with E-state index < -0.39 is 10.9 Å². The van der Waals surface area contributed by atoms with Gasteiger partial charge in [0.1, 0.15) is 5.76 Å². The Labute approximate surface area is 143 Å². The molecule has 3 rings (SSSR count). The molecule has 0 fully saturated rings. The lowest BCUT2D eigenvalue weighted by atomic mass is 10.1. The Kier molecular flexibility index (Phi) is 3.99. The minimum Gasteiger partial charge on any atom is -0.451 e. The summed E-state index contributed by atoms with van der Waals surface area (Å²) in [6, 6.07) is 7.99. The Balaban J connectivity index is 1.97. The highest BCUT2D eigenvalue weighted by atomic mass is 127. The molecule has 0 atom stereocenters. The minimum atomic E-state index is -0.630. The topological polar surface area (TPSA) is 94.9 Å². The molecule has 0 aliphatic carbocycles. The van der Waals surface area contributed by atoms with Crippen LogP contribution in [0.25, 0.3) is 6.08 Å². The van der Waals surface area contributed by atoms with E-state index in [1.54, 1.807) is 31.2 Å². The summed E-state index contributed by atoms with van der Waals surface area (Å²) in [7, 11) is 0. The van der Waals surface area contributed by atoms with Crippen LogP contribution in [-0.4, -0.2) is 16.8 Å². The van der Waals surface area contributed by atoms with Crippen LogP contribution in [-0.2, 0) is 9.53 Å². The summed E-state index contributed by atoms with van der Waals surface area (Å²) in [6.45, 7) is 1.63. The Morgan fingerprint density at radius 2 is 2.09 bits per heavy atom. The van der Waals surface area contributed by atoms with Crippen LogP contribution in [0.3, 0.4) is 0 Å². The highest BCUT2D eigenvalue weighted by Gasteiger charge is 2.26. The molecule has 2 heterocycles. The number of nitro groups is 1. The van der Waals surface area contributed by atoms with Gasteiger partial charge in [-0.1, -0.05) is 6.07 Å². The van der Waals surface area contributed by atoms with Gasteiger partial charge in [-0.05, 0) is 47.7 Å². The Hall–Kier alpha value is -2.49. The summed E-state index contributed by atoms with van der Waals surface area (Å²) in [5, 5.41) is 11.0. The van der Waals surface area contributed by atoms with E-state index in [1.807, 2.05) is 22.6 Å². The van der Waals surface area contributed by atoms with Crippen molar-refractivity contribution in [3.05, 3.63) is 66.8 Å². The molecule has 0 bridgehead atoms. The molecule has 1 aliphatic heterocycles. The van der Waals surface area contributed by atoms with Gasteiger partial charge in [-0.15, -0.1) is 0 Å². The van der Waals surface area contributed by atoms with E-state index in [0.29, 0.717) is 20.7 Å². The number of nitrogens with zero attached hydrogens (tertiary/aromatic N) is 2. The number of carbonyl (C=O) groups is 1.